The molecule has 6 heteroatoms. The summed E-state index contributed by atoms with van der Waals surface area (Å²) >= 11 is 0. The zero-order valence-corrected chi connectivity index (χ0v) is 13.6. The number of ether oxygens (including phenoxy) is 1. The van der Waals surface area contributed by atoms with Crippen molar-refractivity contribution < 1.29 is 14.3 Å². The van der Waals surface area contributed by atoms with E-state index in [9.17, 15) is 9.59 Å². The minimum Gasteiger partial charge on any atom is -0.445 e. The monoisotopic (exact) mass is 337 g/mol. The quantitative estimate of drug-likeness (QED) is 0.256. The minimum absolute atomic E-state index is 0.231. The first-order chi connectivity index (χ1) is 12.2. The van der Waals surface area contributed by atoms with E-state index in [-0.39, 0.29) is 12.5 Å². The Kier molecular flexibility index (Phi) is 7.04. The third kappa shape index (κ3) is 6.37. The molecule has 0 atom stereocenters. The van der Waals surface area contributed by atoms with Gasteiger partial charge in [0, 0.05) is 24.1 Å². The van der Waals surface area contributed by atoms with Crippen LogP contribution in [0.3, 0.4) is 0 Å². The SMILES string of the molecule is NNC(=O)c1cccc(C#CCCNC(=O)OCc2ccccc2)c1. The molecule has 0 unspecified atom stereocenters. The van der Waals surface area contributed by atoms with E-state index in [1.165, 1.54) is 0 Å². The van der Waals surface area contributed by atoms with Crippen molar-refractivity contribution in [3.05, 3.63) is 71.3 Å². The van der Waals surface area contributed by atoms with Gasteiger partial charge >= 0.3 is 6.09 Å². The Labute approximate surface area is 146 Å². The molecule has 0 aliphatic heterocycles. The molecule has 4 N–H and O–H groups in total. The number of rotatable bonds is 5. The molecule has 25 heavy (non-hydrogen) atoms. The smallest absolute Gasteiger partial charge is 0.407 e. The van der Waals surface area contributed by atoms with Crippen molar-refractivity contribution in [3.8, 4) is 11.8 Å². The largest absolute Gasteiger partial charge is 0.445 e. The van der Waals surface area contributed by atoms with Gasteiger partial charge in [0.2, 0.25) is 0 Å². The zero-order chi connectivity index (χ0) is 17.9. The Morgan fingerprint density at radius 1 is 1.08 bits per heavy atom. The first kappa shape index (κ1) is 18.0. The van der Waals surface area contributed by atoms with E-state index in [0.29, 0.717) is 24.1 Å². The van der Waals surface area contributed by atoms with Gasteiger partial charge in [0.05, 0.1) is 0 Å². The highest BCUT2D eigenvalue weighted by molar-refractivity contribution is 5.94. The van der Waals surface area contributed by atoms with E-state index in [0.717, 1.165) is 5.56 Å². The topological polar surface area (TPSA) is 93.5 Å². The third-order valence-corrected chi connectivity index (χ3v) is 3.22. The number of carbonyl (C=O) groups excluding carboxylic acids is 2. The van der Waals surface area contributed by atoms with Crippen LogP contribution in [0.15, 0.2) is 54.6 Å². The van der Waals surface area contributed by atoms with Gasteiger partial charge in [-0.1, -0.05) is 48.2 Å². The Hall–Kier alpha value is -3.30. The molecule has 0 spiro atoms. The number of amides is 2. The summed E-state index contributed by atoms with van der Waals surface area (Å²) in [6.07, 6.45) is -0.0134. The Bertz CT molecular complexity index is 779. The number of hydrazine groups is 1. The fraction of sp³-hybridized carbons (Fsp3) is 0.158. The van der Waals surface area contributed by atoms with Gasteiger partial charge in [-0.25, -0.2) is 10.6 Å². The van der Waals surface area contributed by atoms with Crippen LogP contribution in [0.4, 0.5) is 4.79 Å². The van der Waals surface area contributed by atoms with Gasteiger partial charge in [-0.05, 0) is 23.8 Å². The van der Waals surface area contributed by atoms with Crippen LogP contribution in [0.5, 0.6) is 0 Å². The maximum atomic E-state index is 11.6. The molecule has 0 heterocycles. The number of nitrogen functional groups attached to an aromatic ring is 1. The average molecular weight is 337 g/mol. The van der Waals surface area contributed by atoms with E-state index >= 15 is 0 Å². The van der Waals surface area contributed by atoms with Crippen molar-refractivity contribution in [1.82, 2.24) is 10.7 Å². The zero-order valence-electron chi connectivity index (χ0n) is 13.6. The third-order valence-electron chi connectivity index (χ3n) is 3.22. The van der Waals surface area contributed by atoms with E-state index in [2.05, 4.69) is 22.6 Å². The lowest BCUT2D eigenvalue weighted by Gasteiger charge is -2.05. The number of alkyl carbamates (subject to hydrolysis) is 1. The Morgan fingerprint density at radius 2 is 1.88 bits per heavy atom. The van der Waals surface area contributed by atoms with Gasteiger partial charge in [0.1, 0.15) is 6.61 Å². The van der Waals surface area contributed by atoms with Crippen molar-refractivity contribution in [3.63, 3.8) is 0 Å². The molecule has 2 aromatic carbocycles. The normalized spacial score (nSPS) is 9.48. The highest BCUT2D eigenvalue weighted by Crippen LogP contribution is 2.04. The summed E-state index contributed by atoms with van der Waals surface area (Å²) < 4.78 is 5.09. The molecule has 0 bridgehead atoms. The minimum atomic E-state index is -0.479. The second-order valence-electron chi connectivity index (χ2n) is 5.09. The molecule has 0 fully saturated rings. The molecule has 0 aliphatic rings. The fourth-order valence-electron chi connectivity index (χ4n) is 1.99. The van der Waals surface area contributed by atoms with Gasteiger partial charge in [0.15, 0.2) is 0 Å². The van der Waals surface area contributed by atoms with Crippen molar-refractivity contribution in [2.75, 3.05) is 6.54 Å². The summed E-state index contributed by atoms with van der Waals surface area (Å²) in [5.41, 5.74) is 4.15. The van der Waals surface area contributed by atoms with Crippen LogP contribution in [0.1, 0.15) is 27.9 Å². The van der Waals surface area contributed by atoms with Gasteiger partial charge in [-0.15, -0.1) is 0 Å². The molecule has 128 valence electrons. The predicted molar refractivity (Wildman–Crippen MR) is 94.2 cm³/mol. The highest BCUT2D eigenvalue weighted by Gasteiger charge is 2.03. The van der Waals surface area contributed by atoms with Crippen molar-refractivity contribution in [1.29, 1.82) is 0 Å². The molecule has 0 radical (unpaired) electrons. The molecule has 2 rings (SSSR count). The molecule has 2 amide bonds. The average Bonchev–Trinajstić information content (AvgIpc) is 2.66. The van der Waals surface area contributed by atoms with Crippen LogP contribution in [0.25, 0.3) is 0 Å². The van der Waals surface area contributed by atoms with E-state index in [4.69, 9.17) is 10.6 Å². The van der Waals surface area contributed by atoms with Gasteiger partial charge in [-0.2, -0.15) is 0 Å². The maximum Gasteiger partial charge on any atom is 0.407 e. The van der Waals surface area contributed by atoms with Gasteiger partial charge < -0.3 is 10.1 Å². The summed E-state index contributed by atoms with van der Waals surface area (Å²) in [5, 5.41) is 2.63. The Morgan fingerprint density at radius 3 is 2.64 bits per heavy atom. The maximum absolute atomic E-state index is 11.6. The van der Waals surface area contributed by atoms with E-state index in [1.807, 2.05) is 30.3 Å². The second kappa shape index (κ2) is 9.75. The molecular formula is C19H19N3O3. The second-order valence-corrected chi connectivity index (χ2v) is 5.09. The Balaban J connectivity index is 1.72. The molecule has 0 saturated carbocycles. The van der Waals surface area contributed by atoms with Crippen LogP contribution in [0, 0.1) is 11.8 Å². The summed E-state index contributed by atoms with van der Waals surface area (Å²) in [6, 6.07) is 16.3. The number of benzene rings is 2. The van der Waals surface area contributed by atoms with Gasteiger partial charge in [-0.3, -0.25) is 10.2 Å². The number of nitrogens with one attached hydrogen (secondary N) is 2. The van der Waals surface area contributed by atoms with E-state index in [1.54, 1.807) is 24.3 Å². The number of carbonyl (C=O) groups is 2. The van der Waals surface area contributed by atoms with Crippen LogP contribution in [-0.4, -0.2) is 18.5 Å². The van der Waals surface area contributed by atoms with Crippen LogP contribution < -0.4 is 16.6 Å². The van der Waals surface area contributed by atoms with Crippen LogP contribution >= 0.6 is 0 Å². The van der Waals surface area contributed by atoms with Crippen molar-refractivity contribution in [2.24, 2.45) is 5.84 Å². The van der Waals surface area contributed by atoms with Crippen LogP contribution in [-0.2, 0) is 11.3 Å². The number of hydrogen-bond donors (Lipinski definition) is 3. The van der Waals surface area contributed by atoms with Crippen molar-refractivity contribution >= 4 is 12.0 Å². The predicted octanol–water partition coefficient (Wildman–Crippen LogP) is 1.96. The molecule has 2 aromatic rings. The fourth-order valence-corrected chi connectivity index (χ4v) is 1.99. The summed E-state index contributed by atoms with van der Waals surface area (Å²) in [6.45, 7) is 0.609. The van der Waals surface area contributed by atoms with Crippen LogP contribution in [0.2, 0.25) is 0 Å². The van der Waals surface area contributed by atoms with Crippen molar-refractivity contribution in [2.45, 2.75) is 13.0 Å². The first-order valence-electron chi connectivity index (χ1n) is 7.73. The lowest BCUT2D eigenvalue weighted by Crippen LogP contribution is -2.29. The molecule has 0 saturated heterocycles. The summed E-state index contributed by atoms with van der Waals surface area (Å²) in [5.74, 6) is 10.6. The number of hydrogen-bond acceptors (Lipinski definition) is 4. The highest BCUT2D eigenvalue weighted by atomic mass is 16.5. The first-order valence-corrected chi connectivity index (χ1v) is 7.73. The number of nitrogens with two attached hydrogens (primary N) is 1. The standard InChI is InChI=1S/C19H19N3O3/c20-22-18(23)17-11-6-10-15(13-17)7-4-5-12-21-19(24)25-14-16-8-2-1-3-9-16/h1-3,6,8-11,13H,5,12,14,20H2,(H,21,24)(H,22,23). The molecule has 0 aliphatic carbocycles. The summed E-state index contributed by atoms with van der Waals surface area (Å²) in [4.78, 5) is 23.0. The summed E-state index contributed by atoms with van der Waals surface area (Å²) in [7, 11) is 0. The molecular weight excluding hydrogens is 318 g/mol. The van der Waals surface area contributed by atoms with E-state index < -0.39 is 6.09 Å². The molecule has 0 aromatic heterocycles. The lowest BCUT2D eigenvalue weighted by atomic mass is 10.1. The van der Waals surface area contributed by atoms with Gasteiger partial charge in [0.25, 0.3) is 5.91 Å². The lowest BCUT2D eigenvalue weighted by molar-refractivity contribution is 0.0953. The molecule has 6 nitrogen and oxygen atoms in total.